The average molecular weight is 507 g/mol. The number of anilines is 2. The fourth-order valence-electron chi connectivity index (χ4n) is 3.78. The zero-order valence-electron chi connectivity index (χ0n) is 18.9. The molecule has 35 heavy (non-hydrogen) atoms. The van der Waals surface area contributed by atoms with Crippen molar-refractivity contribution in [2.24, 2.45) is 0 Å². The predicted molar refractivity (Wildman–Crippen MR) is 137 cm³/mol. The van der Waals surface area contributed by atoms with E-state index in [9.17, 15) is 0 Å². The van der Waals surface area contributed by atoms with Gasteiger partial charge in [0, 0.05) is 17.1 Å². The molecule has 5 aromatic rings. The highest BCUT2D eigenvalue weighted by Crippen LogP contribution is 2.36. The van der Waals surface area contributed by atoms with Crippen LogP contribution in [0.2, 0.25) is 10.0 Å². The molecule has 2 aromatic heterocycles. The van der Waals surface area contributed by atoms with E-state index in [-0.39, 0.29) is 6.61 Å². The SMILES string of the molecule is COc1cc2c(Nc3ccc(Cl)c(Cl)c3)ncnc2cc1OCc1noc(C)c1-c1ccccc1. The lowest BCUT2D eigenvalue weighted by atomic mass is 10.0. The van der Waals surface area contributed by atoms with Gasteiger partial charge in [0.2, 0.25) is 0 Å². The van der Waals surface area contributed by atoms with Gasteiger partial charge in [-0.25, -0.2) is 9.97 Å². The molecule has 0 amide bonds. The Morgan fingerprint density at radius 2 is 1.77 bits per heavy atom. The highest BCUT2D eigenvalue weighted by molar-refractivity contribution is 6.42. The summed E-state index contributed by atoms with van der Waals surface area (Å²) in [6.45, 7) is 2.08. The standard InChI is InChI=1S/C26H20Cl2N4O3/c1-15-25(16-6-4-3-5-7-16)22(32-35-15)13-34-24-12-21-18(11-23(24)33-2)26(30-14-29-21)31-17-8-9-19(27)20(28)10-17/h3-12,14H,13H2,1-2H3,(H,29,30,31). The van der Waals surface area contributed by atoms with Crippen LogP contribution in [0.25, 0.3) is 22.0 Å². The van der Waals surface area contributed by atoms with Gasteiger partial charge in [-0.2, -0.15) is 0 Å². The number of aromatic nitrogens is 3. The van der Waals surface area contributed by atoms with E-state index in [0.29, 0.717) is 38.6 Å². The summed E-state index contributed by atoms with van der Waals surface area (Å²) < 4.78 is 17.2. The van der Waals surface area contributed by atoms with Crippen LogP contribution in [-0.4, -0.2) is 22.2 Å². The molecular weight excluding hydrogens is 487 g/mol. The van der Waals surface area contributed by atoms with Crippen LogP contribution < -0.4 is 14.8 Å². The molecule has 2 heterocycles. The summed E-state index contributed by atoms with van der Waals surface area (Å²) in [5.41, 5.74) is 4.05. The second-order valence-electron chi connectivity index (χ2n) is 7.71. The Morgan fingerprint density at radius 3 is 2.54 bits per heavy atom. The highest BCUT2D eigenvalue weighted by atomic mass is 35.5. The lowest BCUT2D eigenvalue weighted by molar-refractivity contribution is 0.272. The molecule has 176 valence electrons. The molecule has 0 aliphatic rings. The van der Waals surface area contributed by atoms with Crippen LogP contribution in [-0.2, 0) is 6.61 Å². The third-order valence-electron chi connectivity index (χ3n) is 5.46. The molecule has 7 nitrogen and oxygen atoms in total. The van der Waals surface area contributed by atoms with E-state index in [0.717, 1.165) is 28.0 Å². The zero-order valence-corrected chi connectivity index (χ0v) is 20.4. The van der Waals surface area contributed by atoms with E-state index < -0.39 is 0 Å². The monoisotopic (exact) mass is 506 g/mol. The van der Waals surface area contributed by atoms with Gasteiger partial charge in [0.25, 0.3) is 0 Å². The molecule has 0 spiro atoms. The summed E-state index contributed by atoms with van der Waals surface area (Å²) in [5.74, 6) is 2.38. The molecular formula is C26H20Cl2N4O3. The van der Waals surface area contributed by atoms with Crippen LogP contribution in [0.1, 0.15) is 11.5 Å². The smallest absolute Gasteiger partial charge is 0.163 e. The van der Waals surface area contributed by atoms with Gasteiger partial charge in [-0.05, 0) is 36.8 Å². The molecule has 0 aliphatic carbocycles. The second-order valence-corrected chi connectivity index (χ2v) is 8.53. The van der Waals surface area contributed by atoms with Gasteiger partial charge in [-0.1, -0.05) is 58.7 Å². The first-order valence-electron chi connectivity index (χ1n) is 10.7. The normalized spacial score (nSPS) is 11.0. The van der Waals surface area contributed by atoms with Gasteiger partial charge in [-0.15, -0.1) is 0 Å². The average Bonchev–Trinajstić information content (AvgIpc) is 3.25. The number of ether oxygens (including phenoxy) is 2. The molecule has 0 saturated heterocycles. The second kappa shape index (κ2) is 9.82. The number of nitrogens with one attached hydrogen (secondary N) is 1. The fourth-order valence-corrected chi connectivity index (χ4v) is 4.08. The quantitative estimate of drug-likeness (QED) is 0.249. The van der Waals surface area contributed by atoms with Crippen LogP contribution in [0.4, 0.5) is 11.5 Å². The Balaban J connectivity index is 1.45. The number of fused-ring (bicyclic) bond motifs is 1. The number of hydrogen-bond acceptors (Lipinski definition) is 7. The molecule has 5 rings (SSSR count). The van der Waals surface area contributed by atoms with Gasteiger partial charge in [0.1, 0.15) is 30.2 Å². The maximum absolute atomic E-state index is 6.15. The van der Waals surface area contributed by atoms with Gasteiger partial charge < -0.3 is 19.3 Å². The molecule has 0 radical (unpaired) electrons. The van der Waals surface area contributed by atoms with Crippen molar-refractivity contribution in [1.29, 1.82) is 0 Å². The van der Waals surface area contributed by atoms with Crippen molar-refractivity contribution in [3.8, 4) is 22.6 Å². The van der Waals surface area contributed by atoms with Crippen LogP contribution in [0.3, 0.4) is 0 Å². The van der Waals surface area contributed by atoms with Crippen molar-refractivity contribution in [1.82, 2.24) is 15.1 Å². The van der Waals surface area contributed by atoms with E-state index in [1.165, 1.54) is 6.33 Å². The fraction of sp³-hybridized carbons (Fsp3) is 0.115. The molecule has 9 heteroatoms. The Kier molecular flexibility index (Phi) is 6.44. The minimum Gasteiger partial charge on any atom is -0.493 e. The van der Waals surface area contributed by atoms with Gasteiger partial charge in [-0.3, -0.25) is 0 Å². The van der Waals surface area contributed by atoms with Crippen LogP contribution >= 0.6 is 23.2 Å². The number of nitrogens with zero attached hydrogens (tertiary/aromatic N) is 3. The Bertz CT molecular complexity index is 1510. The molecule has 0 aliphatic heterocycles. The minimum absolute atomic E-state index is 0.197. The van der Waals surface area contributed by atoms with Crippen molar-refractivity contribution in [2.45, 2.75) is 13.5 Å². The van der Waals surface area contributed by atoms with Crippen LogP contribution in [0.15, 0.2) is 71.5 Å². The first-order chi connectivity index (χ1) is 17.0. The van der Waals surface area contributed by atoms with Crippen molar-refractivity contribution in [3.63, 3.8) is 0 Å². The summed E-state index contributed by atoms with van der Waals surface area (Å²) in [4.78, 5) is 8.79. The maximum Gasteiger partial charge on any atom is 0.163 e. The Morgan fingerprint density at radius 1 is 0.943 bits per heavy atom. The molecule has 0 fully saturated rings. The summed E-state index contributed by atoms with van der Waals surface area (Å²) in [6, 6.07) is 18.9. The number of rotatable bonds is 7. The summed E-state index contributed by atoms with van der Waals surface area (Å²) in [5, 5.41) is 9.14. The minimum atomic E-state index is 0.197. The zero-order chi connectivity index (χ0) is 24.4. The summed E-state index contributed by atoms with van der Waals surface area (Å²) in [7, 11) is 1.58. The van der Waals surface area contributed by atoms with Crippen molar-refractivity contribution in [3.05, 3.63) is 88.5 Å². The lowest BCUT2D eigenvalue weighted by Crippen LogP contribution is -2.01. The number of halogens is 2. The highest BCUT2D eigenvalue weighted by Gasteiger charge is 2.17. The number of benzene rings is 3. The summed E-state index contributed by atoms with van der Waals surface area (Å²) in [6.07, 6.45) is 1.48. The largest absolute Gasteiger partial charge is 0.493 e. The molecule has 0 atom stereocenters. The number of methoxy groups -OCH3 is 1. The van der Waals surface area contributed by atoms with E-state index in [2.05, 4.69) is 20.4 Å². The number of aryl methyl sites for hydroxylation is 1. The summed E-state index contributed by atoms with van der Waals surface area (Å²) >= 11 is 12.2. The van der Waals surface area contributed by atoms with E-state index in [1.807, 2.05) is 55.5 Å². The lowest BCUT2D eigenvalue weighted by Gasteiger charge is -2.14. The first-order valence-corrected chi connectivity index (χ1v) is 11.5. The van der Waals surface area contributed by atoms with Crippen molar-refractivity contribution >= 4 is 45.6 Å². The molecule has 0 bridgehead atoms. The van der Waals surface area contributed by atoms with Crippen molar-refractivity contribution < 1.29 is 14.0 Å². The van der Waals surface area contributed by atoms with E-state index >= 15 is 0 Å². The molecule has 0 saturated carbocycles. The third kappa shape index (κ3) is 4.73. The van der Waals surface area contributed by atoms with Crippen LogP contribution in [0.5, 0.6) is 11.5 Å². The van der Waals surface area contributed by atoms with Gasteiger partial charge in [0.05, 0.1) is 28.2 Å². The predicted octanol–water partition coefficient (Wildman–Crippen LogP) is 7.23. The molecule has 3 aromatic carbocycles. The number of hydrogen-bond donors (Lipinski definition) is 1. The Labute approximate surface area is 211 Å². The topological polar surface area (TPSA) is 82.3 Å². The maximum atomic E-state index is 6.15. The third-order valence-corrected chi connectivity index (χ3v) is 6.20. The van der Waals surface area contributed by atoms with E-state index in [4.69, 9.17) is 37.2 Å². The first kappa shape index (κ1) is 23.0. The van der Waals surface area contributed by atoms with Crippen molar-refractivity contribution in [2.75, 3.05) is 12.4 Å². The van der Waals surface area contributed by atoms with Crippen LogP contribution in [0, 0.1) is 6.92 Å². The van der Waals surface area contributed by atoms with E-state index in [1.54, 1.807) is 19.2 Å². The Hall–Kier alpha value is -3.81. The van der Waals surface area contributed by atoms with Gasteiger partial charge in [0.15, 0.2) is 11.5 Å². The molecule has 1 N–H and O–H groups in total. The molecule has 0 unspecified atom stereocenters. The van der Waals surface area contributed by atoms with Gasteiger partial charge >= 0.3 is 0 Å².